The molecule has 0 aliphatic carbocycles. The fourth-order valence-electron chi connectivity index (χ4n) is 2.46. The Hall–Kier alpha value is -1.40. The van der Waals surface area contributed by atoms with Crippen molar-refractivity contribution in [1.29, 1.82) is 0 Å². The van der Waals surface area contributed by atoms with Gasteiger partial charge in [0.05, 0.1) is 0 Å². The number of hydrogen-bond donors (Lipinski definition) is 1. The fourth-order valence-corrected chi connectivity index (χ4v) is 2.46. The molecular weight excluding hydrogens is 254 g/mol. The highest BCUT2D eigenvalue weighted by Crippen LogP contribution is 2.39. The third-order valence-corrected chi connectivity index (χ3v) is 3.43. The molecule has 2 heterocycles. The van der Waals surface area contributed by atoms with Crippen molar-refractivity contribution in [2.45, 2.75) is 13.0 Å². The number of nitrogens with zero attached hydrogens (tertiary/aromatic N) is 1. The Balaban J connectivity index is 1.86. The van der Waals surface area contributed by atoms with Gasteiger partial charge in [0.25, 0.3) is 6.43 Å². The number of alkyl halides is 2. The smallest absolute Gasteiger partial charge is 0.263 e. The zero-order valence-corrected chi connectivity index (χ0v) is 10.5. The summed E-state index contributed by atoms with van der Waals surface area (Å²) >= 11 is 0. The van der Waals surface area contributed by atoms with E-state index in [1.807, 2.05) is 0 Å². The van der Waals surface area contributed by atoms with Crippen LogP contribution in [0.2, 0.25) is 0 Å². The van der Waals surface area contributed by atoms with Crippen LogP contribution >= 0.6 is 0 Å². The Morgan fingerprint density at radius 2 is 2.00 bits per heavy atom. The average Bonchev–Trinajstić information content (AvgIpc) is 2.88. The molecule has 19 heavy (non-hydrogen) atoms. The molecule has 3 rings (SSSR count). The molecule has 4 nitrogen and oxygen atoms in total. The van der Waals surface area contributed by atoms with E-state index in [9.17, 15) is 8.78 Å². The maximum atomic E-state index is 12.9. The van der Waals surface area contributed by atoms with E-state index >= 15 is 0 Å². The summed E-state index contributed by atoms with van der Waals surface area (Å²) < 4.78 is 36.4. The van der Waals surface area contributed by atoms with Crippen LogP contribution in [0, 0.1) is 0 Å². The molecule has 0 bridgehead atoms. The number of hydrogen-bond acceptors (Lipinski definition) is 4. The third kappa shape index (κ3) is 2.64. The minimum absolute atomic E-state index is 0.00520. The molecule has 0 atom stereocenters. The summed E-state index contributed by atoms with van der Waals surface area (Å²) in [5, 5.41) is 3.26. The van der Waals surface area contributed by atoms with Crippen molar-refractivity contribution in [2.75, 3.05) is 33.0 Å². The Labute approximate surface area is 110 Å². The summed E-state index contributed by atoms with van der Waals surface area (Å²) in [6, 6.07) is 2.90. The molecular formula is C13H16F2N2O2. The highest BCUT2D eigenvalue weighted by atomic mass is 19.3. The summed E-state index contributed by atoms with van der Waals surface area (Å²) in [5.74, 6) is 1.05. The summed E-state index contributed by atoms with van der Waals surface area (Å²) in [7, 11) is 0. The quantitative estimate of drug-likeness (QED) is 0.907. The lowest BCUT2D eigenvalue weighted by atomic mass is 10.1. The molecule has 6 heteroatoms. The van der Waals surface area contributed by atoms with Gasteiger partial charge in [0.1, 0.15) is 0 Å². The molecule has 2 aliphatic rings. The first-order valence-electron chi connectivity index (χ1n) is 6.37. The Morgan fingerprint density at radius 3 is 2.74 bits per heavy atom. The van der Waals surface area contributed by atoms with Crippen molar-refractivity contribution in [2.24, 2.45) is 0 Å². The van der Waals surface area contributed by atoms with Gasteiger partial charge in [-0.2, -0.15) is 0 Å². The van der Waals surface area contributed by atoms with Gasteiger partial charge in [-0.15, -0.1) is 0 Å². The van der Waals surface area contributed by atoms with Crippen LogP contribution < -0.4 is 14.8 Å². The average molecular weight is 270 g/mol. The van der Waals surface area contributed by atoms with E-state index in [-0.39, 0.29) is 12.4 Å². The van der Waals surface area contributed by atoms with Crippen LogP contribution in [0.3, 0.4) is 0 Å². The van der Waals surface area contributed by atoms with Crippen molar-refractivity contribution in [1.82, 2.24) is 10.2 Å². The second-order valence-electron chi connectivity index (χ2n) is 4.74. The lowest BCUT2D eigenvalue weighted by Crippen LogP contribution is -2.42. The van der Waals surface area contributed by atoms with Gasteiger partial charge in [-0.05, 0) is 12.1 Å². The number of fused-ring (bicyclic) bond motifs is 1. The van der Waals surface area contributed by atoms with Crippen molar-refractivity contribution in [3.8, 4) is 11.5 Å². The molecule has 0 spiro atoms. The molecule has 1 saturated heterocycles. The Bertz CT molecular complexity index is 462. The van der Waals surface area contributed by atoms with E-state index < -0.39 is 6.43 Å². The van der Waals surface area contributed by atoms with Crippen LogP contribution in [0.4, 0.5) is 8.78 Å². The van der Waals surface area contributed by atoms with Crippen molar-refractivity contribution >= 4 is 0 Å². The monoisotopic (exact) mass is 270 g/mol. The number of nitrogens with one attached hydrogen (secondary N) is 1. The second kappa shape index (κ2) is 5.30. The number of rotatable bonds is 3. The van der Waals surface area contributed by atoms with Crippen LogP contribution in [-0.4, -0.2) is 37.9 Å². The van der Waals surface area contributed by atoms with Crippen LogP contribution in [0.5, 0.6) is 11.5 Å². The van der Waals surface area contributed by atoms with Gasteiger partial charge in [0, 0.05) is 43.9 Å². The zero-order valence-electron chi connectivity index (χ0n) is 10.5. The van der Waals surface area contributed by atoms with Crippen molar-refractivity contribution in [3.63, 3.8) is 0 Å². The first kappa shape index (κ1) is 12.6. The van der Waals surface area contributed by atoms with Crippen LogP contribution in [-0.2, 0) is 6.54 Å². The molecule has 0 aromatic heterocycles. The summed E-state index contributed by atoms with van der Waals surface area (Å²) in [6.07, 6.45) is -2.49. The molecule has 1 aromatic rings. The molecule has 0 saturated carbocycles. The largest absolute Gasteiger partial charge is 0.454 e. The van der Waals surface area contributed by atoms with Crippen molar-refractivity contribution in [3.05, 3.63) is 23.3 Å². The Kier molecular flexibility index (Phi) is 3.52. The minimum atomic E-state index is -2.49. The first-order chi connectivity index (χ1) is 9.24. The van der Waals surface area contributed by atoms with Gasteiger partial charge in [0.15, 0.2) is 11.5 Å². The van der Waals surface area contributed by atoms with Gasteiger partial charge in [-0.25, -0.2) is 8.78 Å². The fraction of sp³-hybridized carbons (Fsp3) is 0.538. The number of piperazine rings is 1. The molecule has 0 radical (unpaired) electrons. The van der Waals surface area contributed by atoms with Gasteiger partial charge in [-0.3, -0.25) is 4.90 Å². The van der Waals surface area contributed by atoms with Crippen LogP contribution in [0.1, 0.15) is 17.6 Å². The van der Waals surface area contributed by atoms with E-state index in [4.69, 9.17) is 9.47 Å². The van der Waals surface area contributed by atoms with E-state index in [0.29, 0.717) is 18.0 Å². The molecule has 1 N–H and O–H groups in total. The SMILES string of the molecule is FC(F)c1cc(CN2CCNCC2)c2c(c1)OCO2. The normalized spacial score (nSPS) is 19.1. The third-order valence-electron chi connectivity index (χ3n) is 3.43. The lowest BCUT2D eigenvalue weighted by molar-refractivity contribution is 0.150. The summed E-state index contributed by atoms with van der Waals surface area (Å²) in [5.41, 5.74) is 0.779. The molecule has 104 valence electrons. The number of halogens is 2. The predicted octanol–water partition coefficient (Wildman–Crippen LogP) is 1.76. The second-order valence-corrected chi connectivity index (χ2v) is 4.74. The minimum Gasteiger partial charge on any atom is -0.454 e. The van der Waals surface area contributed by atoms with Gasteiger partial charge in [0.2, 0.25) is 6.79 Å². The molecule has 0 amide bonds. The lowest BCUT2D eigenvalue weighted by Gasteiger charge is -2.27. The molecule has 1 fully saturated rings. The van der Waals surface area contributed by atoms with Gasteiger partial charge >= 0.3 is 0 Å². The van der Waals surface area contributed by atoms with Crippen LogP contribution in [0.15, 0.2) is 12.1 Å². The maximum absolute atomic E-state index is 12.9. The summed E-state index contributed by atoms with van der Waals surface area (Å²) in [4.78, 5) is 2.23. The number of ether oxygens (including phenoxy) is 2. The standard InChI is InChI=1S/C13H16F2N2O2/c14-13(15)9-5-10(7-17-3-1-16-2-4-17)12-11(6-9)18-8-19-12/h5-6,13,16H,1-4,7-8H2. The topological polar surface area (TPSA) is 33.7 Å². The maximum Gasteiger partial charge on any atom is 0.263 e. The Morgan fingerprint density at radius 1 is 1.21 bits per heavy atom. The zero-order chi connectivity index (χ0) is 13.2. The van der Waals surface area contributed by atoms with Gasteiger partial charge < -0.3 is 14.8 Å². The van der Waals surface area contributed by atoms with Crippen molar-refractivity contribution < 1.29 is 18.3 Å². The predicted molar refractivity (Wildman–Crippen MR) is 65.7 cm³/mol. The number of benzene rings is 1. The highest BCUT2D eigenvalue weighted by Gasteiger charge is 2.23. The highest BCUT2D eigenvalue weighted by molar-refractivity contribution is 5.51. The van der Waals surface area contributed by atoms with E-state index in [0.717, 1.165) is 31.7 Å². The molecule has 1 aromatic carbocycles. The van der Waals surface area contributed by atoms with Crippen LogP contribution in [0.25, 0.3) is 0 Å². The van der Waals surface area contributed by atoms with E-state index in [2.05, 4.69) is 10.2 Å². The molecule has 0 unspecified atom stereocenters. The molecule has 2 aliphatic heterocycles. The first-order valence-corrected chi connectivity index (χ1v) is 6.37. The summed E-state index contributed by atoms with van der Waals surface area (Å²) in [6.45, 7) is 4.40. The van der Waals surface area contributed by atoms with E-state index in [1.165, 1.54) is 12.1 Å². The van der Waals surface area contributed by atoms with E-state index in [1.54, 1.807) is 0 Å². The van der Waals surface area contributed by atoms with Gasteiger partial charge in [-0.1, -0.05) is 0 Å².